The van der Waals surface area contributed by atoms with Crippen molar-refractivity contribution in [1.82, 2.24) is 15.5 Å². The van der Waals surface area contributed by atoms with E-state index < -0.39 is 0 Å². The SMILES string of the molecule is COCCCNC(=O)c1n[nH]c2c1CCC2. The third kappa shape index (κ3) is 2.24. The fourth-order valence-electron chi connectivity index (χ4n) is 2.01. The molecule has 0 unspecified atom stereocenters. The molecular formula is C11H17N3O2. The summed E-state index contributed by atoms with van der Waals surface area (Å²) in [5.41, 5.74) is 2.80. The van der Waals surface area contributed by atoms with E-state index in [1.54, 1.807) is 7.11 Å². The van der Waals surface area contributed by atoms with E-state index in [1.165, 1.54) is 0 Å². The number of amides is 1. The van der Waals surface area contributed by atoms with Crippen molar-refractivity contribution in [2.24, 2.45) is 0 Å². The van der Waals surface area contributed by atoms with Crippen LogP contribution in [0.25, 0.3) is 0 Å². The Bertz CT molecular complexity index is 373. The molecule has 1 heterocycles. The van der Waals surface area contributed by atoms with E-state index in [2.05, 4.69) is 15.5 Å². The molecule has 0 saturated carbocycles. The molecule has 0 spiro atoms. The molecule has 0 aliphatic heterocycles. The van der Waals surface area contributed by atoms with E-state index in [4.69, 9.17) is 4.74 Å². The molecular weight excluding hydrogens is 206 g/mol. The number of H-pyrrole nitrogens is 1. The Balaban J connectivity index is 1.89. The summed E-state index contributed by atoms with van der Waals surface area (Å²) in [6.07, 6.45) is 3.93. The fourth-order valence-corrected chi connectivity index (χ4v) is 2.01. The molecule has 0 saturated heterocycles. The van der Waals surface area contributed by atoms with E-state index >= 15 is 0 Å². The summed E-state index contributed by atoms with van der Waals surface area (Å²) in [5.74, 6) is -0.0736. The molecule has 5 nitrogen and oxygen atoms in total. The number of nitrogens with one attached hydrogen (secondary N) is 2. The minimum atomic E-state index is -0.0736. The third-order valence-electron chi connectivity index (χ3n) is 2.83. The number of aromatic nitrogens is 2. The summed E-state index contributed by atoms with van der Waals surface area (Å²) < 4.78 is 4.92. The first-order valence-corrected chi connectivity index (χ1v) is 5.66. The number of rotatable bonds is 5. The Hall–Kier alpha value is -1.36. The largest absolute Gasteiger partial charge is 0.385 e. The highest BCUT2D eigenvalue weighted by molar-refractivity contribution is 5.94. The first-order valence-electron chi connectivity index (χ1n) is 5.66. The first-order chi connectivity index (χ1) is 7.83. The van der Waals surface area contributed by atoms with Gasteiger partial charge in [-0.25, -0.2) is 0 Å². The van der Waals surface area contributed by atoms with Crippen LogP contribution < -0.4 is 5.32 Å². The second-order valence-electron chi connectivity index (χ2n) is 3.99. The summed E-state index contributed by atoms with van der Waals surface area (Å²) in [6, 6.07) is 0. The molecule has 88 valence electrons. The summed E-state index contributed by atoms with van der Waals surface area (Å²) >= 11 is 0. The second-order valence-corrected chi connectivity index (χ2v) is 3.99. The number of methoxy groups -OCH3 is 1. The van der Waals surface area contributed by atoms with Crippen molar-refractivity contribution in [3.05, 3.63) is 17.0 Å². The lowest BCUT2D eigenvalue weighted by Gasteiger charge is -2.03. The van der Waals surface area contributed by atoms with Gasteiger partial charge in [0.1, 0.15) is 0 Å². The Labute approximate surface area is 94.6 Å². The lowest BCUT2D eigenvalue weighted by molar-refractivity contribution is 0.0942. The molecule has 0 atom stereocenters. The van der Waals surface area contributed by atoms with E-state index in [0.29, 0.717) is 18.8 Å². The van der Waals surface area contributed by atoms with E-state index in [1.807, 2.05) is 0 Å². The van der Waals surface area contributed by atoms with Crippen LogP contribution in [0.2, 0.25) is 0 Å². The quantitative estimate of drug-likeness (QED) is 0.721. The topological polar surface area (TPSA) is 67.0 Å². The summed E-state index contributed by atoms with van der Waals surface area (Å²) in [7, 11) is 1.66. The number of fused-ring (bicyclic) bond motifs is 1. The van der Waals surface area contributed by atoms with Gasteiger partial charge in [0.2, 0.25) is 0 Å². The Morgan fingerprint density at radius 3 is 3.25 bits per heavy atom. The highest BCUT2D eigenvalue weighted by Crippen LogP contribution is 2.22. The summed E-state index contributed by atoms with van der Waals surface area (Å²) in [4.78, 5) is 11.8. The van der Waals surface area contributed by atoms with Gasteiger partial charge in [-0.2, -0.15) is 5.10 Å². The van der Waals surface area contributed by atoms with Crippen LogP contribution in [0.4, 0.5) is 0 Å². The van der Waals surface area contributed by atoms with Crippen LogP contribution in [-0.2, 0) is 17.6 Å². The molecule has 2 rings (SSSR count). The molecule has 1 aromatic rings. The van der Waals surface area contributed by atoms with Gasteiger partial charge in [0.15, 0.2) is 5.69 Å². The predicted octanol–water partition coefficient (Wildman–Crippen LogP) is 0.665. The third-order valence-corrected chi connectivity index (χ3v) is 2.83. The predicted molar refractivity (Wildman–Crippen MR) is 59.4 cm³/mol. The van der Waals surface area contributed by atoms with E-state index in [9.17, 15) is 4.79 Å². The lowest BCUT2D eigenvalue weighted by Crippen LogP contribution is -2.26. The maximum atomic E-state index is 11.8. The highest BCUT2D eigenvalue weighted by atomic mass is 16.5. The summed E-state index contributed by atoms with van der Waals surface area (Å²) in [6.45, 7) is 1.30. The average molecular weight is 223 g/mol. The van der Waals surface area contributed by atoms with Gasteiger partial charge < -0.3 is 10.1 Å². The van der Waals surface area contributed by atoms with Gasteiger partial charge in [0, 0.05) is 31.5 Å². The maximum Gasteiger partial charge on any atom is 0.272 e. The smallest absolute Gasteiger partial charge is 0.272 e. The van der Waals surface area contributed by atoms with Crippen LogP contribution in [0.1, 0.15) is 34.6 Å². The average Bonchev–Trinajstić information content (AvgIpc) is 2.85. The molecule has 1 aromatic heterocycles. The summed E-state index contributed by atoms with van der Waals surface area (Å²) in [5, 5.41) is 9.85. The van der Waals surface area contributed by atoms with Crippen molar-refractivity contribution in [2.45, 2.75) is 25.7 Å². The van der Waals surface area contributed by atoms with Crippen LogP contribution in [0, 0.1) is 0 Å². The Morgan fingerprint density at radius 1 is 1.56 bits per heavy atom. The van der Waals surface area contributed by atoms with Crippen molar-refractivity contribution < 1.29 is 9.53 Å². The molecule has 0 fully saturated rings. The molecule has 1 amide bonds. The van der Waals surface area contributed by atoms with Gasteiger partial charge in [-0.1, -0.05) is 0 Å². The van der Waals surface area contributed by atoms with Crippen molar-refractivity contribution in [3.8, 4) is 0 Å². The number of nitrogens with zero attached hydrogens (tertiary/aromatic N) is 1. The normalized spacial score (nSPS) is 13.8. The highest BCUT2D eigenvalue weighted by Gasteiger charge is 2.22. The second kappa shape index (κ2) is 5.12. The standard InChI is InChI=1S/C11H17N3O2/c1-16-7-3-6-12-11(15)10-8-4-2-5-9(8)13-14-10/h2-7H2,1H3,(H,12,15)(H,13,14). The van der Waals surface area contributed by atoms with Crippen molar-refractivity contribution in [1.29, 1.82) is 0 Å². The molecule has 1 aliphatic rings. The number of carbonyl (C=O) groups is 1. The van der Waals surface area contributed by atoms with Gasteiger partial charge in [-0.3, -0.25) is 9.89 Å². The minimum absolute atomic E-state index is 0.0736. The first kappa shape index (κ1) is 11.1. The zero-order valence-electron chi connectivity index (χ0n) is 9.51. The molecule has 16 heavy (non-hydrogen) atoms. The zero-order chi connectivity index (χ0) is 11.4. The molecule has 0 bridgehead atoms. The monoisotopic (exact) mass is 223 g/mol. The maximum absolute atomic E-state index is 11.8. The van der Waals surface area contributed by atoms with Gasteiger partial charge in [0.05, 0.1) is 0 Å². The Morgan fingerprint density at radius 2 is 2.44 bits per heavy atom. The van der Waals surface area contributed by atoms with Crippen molar-refractivity contribution >= 4 is 5.91 Å². The van der Waals surface area contributed by atoms with Gasteiger partial charge >= 0.3 is 0 Å². The molecule has 5 heteroatoms. The molecule has 1 aliphatic carbocycles. The number of aromatic amines is 1. The number of ether oxygens (including phenoxy) is 1. The lowest BCUT2D eigenvalue weighted by atomic mass is 10.2. The van der Waals surface area contributed by atoms with Crippen LogP contribution in [0.5, 0.6) is 0 Å². The fraction of sp³-hybridized carbons (Fsp3) is 0.636. The van der Waals surface area contributed by atoms with Gasteiger partial charge in [0.25, 0.3) is 5.91 Å². The molecule has 2 N–H and O–H groups in total. The Kier molecular flexibility index (Phi) is 3.56. The van der Waals surface area contributed by atoms with E-state index in [0.717, 1.165) is 36.9 Å². The number of hydrogen-bond donors (Lipinski definition) is 2. The molecule has 0 aromatic carbocycles. The molecule has 0 radical (unpaired) electrons. The van der Waals surface area contributed by atoms with Crippen LogP contribution >= 0.6 is 0 Å². The van der Waals surface area contributed by atoms with E-state index in [-0.39, 0.29) is 5.91 Å². The number of aryl methyl sites for hydroxylation is 1. The van der Waals surface area contributed by atoms with Crippen LogP contribution in [-0.4, -0.2) is 36.4 Å². The van der Waals surface area contributed by atoms with Gasteiger partial charge in [-0.05, 0) is 25.7 Å². The van der Waals surface area contributed by atoms with Crippen LogP contribution in [0.3, 0.4) is 0 Å². The number of hydrogen-bond acceptors (Lipinski definition) is 3. The van der Waals surface area contributed by atoms with Crippen molar-refractivity contribution in [3.63, 3.8) is 0 Å². The number of carbonyl (C=O) groups excluding carboxylic acids is 1. The van der Waals surface area contributed by atoms with Crippen molar-refractivity contribution in [2.75, 3.05) is 20.3 Å². The van der Waals surface area contributed by atoms with Crippen LogP contribution in [0.15, 0.2) is 0 Å². The van der Waals surface area contributed by atoms with Gasteiger partial charge in [-0.15, -0.1) is 0 Å². The zero-order valence-corrected chi connectivity index (χ0v) is 9.51. The minimum Gasteiger partial charge on any atom is -0.385 e.